The summed E-state index contributed by atoms with van der Waals surface area (Å²) in [6, 6.07) is 4.40. The molecule has 0 saturated heterocycles. The van der Waals surface area contributed by atoms with E-state index in [1.165, 1.54) is 14.2 Å². The van der Waals surface area contributed by atoms with Crippen LogP contribution in [0.3, 0.4) is 0 Å². The summed E-state index contributed by atoms with van der Waals surface area (Å²) in [5, 5.41) is 13.6. The third-order valence-corrected chi connectivity index (χ3v) is 3.72. The predicted molar refractivity (Wildman–Crippen MR) is 87.4 cm³/mol. The third kappa shape index (κ3) is 3.68. The van der Waals surface area contributed by atoms with E-state index in [1.807, 2.05) is 13.8 Å². The van der Waals surface area contributed by atoms with Crippen molar-refractivity contribution in [3.05, 3.63) is 40.8 Å². The number of methoxy groups -OCH3 is 2. The molecule has 0 radical (unpaired) electrons. The van der Waals surface area contributed by atoms with Gasteiger partial charge in [0.1, 0.15) is 17.5 Å². The maximum atomic E-state index is 12.0. The van der Waals surface area contributed by atoms with Crippen molar-refractivity contribution in [2.45, 2.75) is 26.4 Å². The van der Waals surface area contributed by atoms with Crippen LogP contribution in [-0.4, -0.2) is 42.4 Å². The van der Waals surface area contributed by atoms with Crippen molar-refractivity contribution in [3.8, 4) is 11.5 Å². The monoisotopic (exact) mass is 334 g/mol. The quantitative estimate of drug-likeness (QED) is 0.833. The van der Waals surface area contributed by atoms with E-state index in [4.69, 9.17) is 14.0 Å². The molecule has 130 valence electrons. The van der Waals surface area contributed by atoms with Crippen LogP contribution in [0.2, 0.25) is 0 Å². The van der Waals surface area contributed by atoms with Crippen LogP contribution in [0.5, 0.6) is 11.5 Å². The summed E-state index contributed by atoms with van der Waals surface area (Å²) in [5.41, 5.74) is 2.14. The molecule has 1 heterocycles. The molecule has 0 saturated carbocycles. The van der Waals surface area contributed by atoms with E-state index in [-0.39, 0.29) is 6.54 Å². The number of carboxylic acid groups (broad SMARTS) is 1. The number of nitrogens with zero attached hydrogens (tertiary/aromatic N) is 2. The highest BCUT2D eigenvalue weighted by Gasteiger charge is 2.32. The van der Waals surface area contributed by atoms with Gasteiger partial charge < -0.3 is 19.1 Å². The Morgan fingerprint density at radius 1 is 1.25 bits per heavy atom. The first-order valence-electron chi connectivity index (χ1n) is 7.45. The molecule has 2 aromatic rings. The Kier molecular flexibility index (Phi) is 5.46. The molecule has 1 unspecified atom stereocenters. The fourth-order valence-electron chi connectivity index (χ4n) is 2.70. The first kappa shape index (κ1) is 17.8. The minimum Gasteiger partial charge on any atom is -0.496 e. The average Bonchev–Trinajstić information content (AvgIpc) is 2.92. The molecule has 7 nitrogen and oxygen atoms in total. The predicted octanol–water partition coefficient (Wildman–Crippen LogP) is 2.57. The lowest BCUT2D eigenvalue weighted by Crippen LogP contribution is -2.31. The topological polar surface area (TPSA) is 85.0 Å². The average molecular weight is 334 g/mol. The van der Waals surface area contributed by atoms with Crippen molar-refractivity contribution in [3.63, 3.8) is 0 Å². The van der Waals surface area contributed by atoms with E-state index in [0.29, 0.717) is 22.8 Å². The number of aliphatic carboxylic acids is 1. The van der Waals surface area contributed by atoms with Gasteiger partial charge in [-0.05, 0) is 38.6 Å². The molecule has 1 aromatic heterocycles. The van der Waals surface area contributed by atoms with Crippen LogP contribution in [0.1, 0.15) is 28.6 Å². The van der Waals surface area contributed by atoms with Crippen LogP contribution in [0.25, 0.3) is 0 Å². The molecule has 2 rings (SSSR count). The molecule has 1 atom stereocenters. The van der Waals surface area contributed by atoms with Gasteiger partial charge in [0, 0.05) is 6.07 Å². The molecular formula is C17H22N2O5. The fourth-order valence-corrected chi connectivity index (χ4v) is 2.70. The fraction of sp³-hybridized carbons (Fsp3) is 0.412. The molecule has 0 aliphatic heterocycles. The molecule has 24 heavy (non-hydrogen) atoms. The molecule has 0 aliphatic rings. The highest BCUT2D eigenvalue weighted by Crippen LogP contribution is 2.38. The zero-order valence-electron chi connectivity index (χ0n) is 14.5. The summed E-state index contributed by atoms with van der Waals surface area (Å²) in [5.74, 6) is 0.528. The van der Waals surface area contributed by atoms with Crippen LogP contribution < -0.4 is 9.47 Å². The lowest BCUT2D eigenvalue weighted by Gasteiger charge is -2.27. The molecule has 1 N–H and O–H groups in total. The third-order valence-electron chi connectivity index (χ3n) is 3.72. The zero-order chi connectivity index (χ0) is 17.9. The van der Waals surface area contributed by atoms with Gasteiger partial charge in [-0.1, -0.05) is 5.16 Å². The molecule has 0 amide bonds. The van der Waals surface area contributed by atoms with Crippen LogP contribution in [0, 0.1) is 13.8 Å². The molecule has 7 heteroatoms. The maximum absolute atomic E-state index is 12.0. The lowest BCUT2D eigenvalue weighted by atomic mass is 10.0. The summed E-state index contributed by atoms with van der Waals surface area (Å²) in [7, 11) is 4.72. The van der Waals surface area contributed by atoms with Crippen LogP contribution in [-0.2, 0) is 11.3 Å². The van der Waals surface area contributed by atoms with Gasteiger partial charge in [-0.2, -0.15) is 0 Å². The van der Waals surface area contributed by atoms with Crippen LogP contribution in [0.4, 0.5) is 0 Å². The van der Waals surface area contributed by atoms with Crippen molar-refractivity contribution >= 4 is 5.97 Å². The standard InChI is InChI=1S/C17H22N2O5/c1-10-6-13(22-4)15(14(7-10)23-5)16(17(20)21)19(3)9-12-8-11(2)18-24-12/h6-8,16H,9H2,1-5H3,(H,20,21). The number of aromatic nitrogens is 1. The number of rotatable bonds is 7. The van der Waals surface area contributed by atoms with Gasteiger partial charge in [-0.15, -0.1) is 0 Å². The number of carbonyl (C=O) groups is 1. The van der Waals surface area contributed by atoms with Gasteiger partial charge in [0.15, 0.2) is 5.76 Å². The molecule has 0 spiro atoms. The van der Waals surface area contributed by atoms with E-state index >= 15 is 0 Å². The van der Waals surface area contributed by atoms with E-state index in [9.17, 15) is 9.90 Å². The van der Waals surface area contributed by atoms with Gasteiger partial charge in [0.25, 0.3) is 0 Å². The van der Waals surface area contributed by atoms with Gasteiger partial charge in [0.05, 0.1) is 32.0 Å². The second-order valence-electron chi connectivity index (χ2n) is 5.67. The molecule has 1 aromatic carbocycles. The van der Waals surface area contributed by atoms with Gasteiger partial charge >= 0.3 is 5.97 Å². The number of benzene rings is 1. The Labute approximate surface area is 140 Å². The number of ether oxygens (including phenoxy) is 2. The Hall–Kier alpha value is -2.54. The Balaban J connectivity index is 2.45. The van der Waals surface area contributed by atoms with Crippen molar-refractivity contribution < 1.29 is 23.9 Å². The van der Waals surface area contributed by atoms with Crippen LogP contribution >= 0.6 is 0 Å². The number of carboxylic acids is 1. The number of hydrogen-bond acceptors (Lipinski definition) is 6. The Morgan fingerprint density at radius 3 is 2.25 bits per heavy atom. The number of hydrogen-bond donors (Lipinski definition) is 1. The minimum atomic E-state index is -1.01. The van der Waals surface area contributed by atoms with E-state index < -0.39 is 12.0 Å². The summed E-state index contributed by atoms with van der Waals surface area (Å²) >= 11 is 0. The normalized spacial score (nSPS) is 12.2. The molecular weight excluding hydrogens is 312 g/mol. The zero-order valence-corrected chi connectivity index (χ0v) is 14.5. The first-order chi connectivity index (χ1) is 11.4. The highest BCUT2D eigenvalue weighted by atomic mass is 16.5. The van der Waals surface area contributed by atoms with Crippen molar-refractivity contribution in [2.75, 3.05) is 21.3 Å². The van der Waals surface area contributed by atoms with E-state index in [2.05, 4.69) is 5.16 Å². The lowest BCUT2D eigenvalue weighted by molar-refractivity contribution is -0.143. The largest absolute Gasteiger partial charge is 0.496 e. The second kappa shape index (κ2) is 7.35. The van der Waals surface area contributed by atoms with Crippen molar-refractivity contribution in [1.29, 1.82) is 0 Å². The summed E-state index contributed by atoms with van der Waals surface area (Å²) in [6.45, 7) is 4.00. The smallest absolute Gasteiger partial charge is 0.325 e. The number of aryl methyl sites for hydroxylation is 2. The molecule has 0 aliphatic carbocycles. The van der Waals surface area contributed by atoms with E-state index in [1.54, 1.807) is 30.1 Å². The van der Waals surface area contributed by atoms with E-state index in [0.717, 1.165) is 11.3 Å². The van der Waals surface area contributed by atoms with Crippen molar-refractivity contribution in [2.24, 2.45) is 0 Å². The Bertz CT molecular complexity index is 701. The molecule has 0 bridgehead atoms. The summed E-state index contributed by atoms with van der Waals surface area (Å²) in [6.07, 6.45) is 0. The summed E-state index contributed by atoms with van der Waals surface area (Å²) < 4.78 is 16.0. The van der Waals surface area contributed by atoms with Gasteiger partial charge in [-0.25, -0.2) is 0 Å². The second-order valence-corrected chi connectivity index (χ2v) is 5.67. The van der Waals surface area contributed by atoms with Crippen molar-refractivity contribution in [1.82, 2.24) is 10.1 Å². The Morgan fingerprint density at radius 2 is 1.83 bits per heavy atom. The highest BCUT2D eigenvalue weighted by molar-refractivity contribution is 5.78. The van der Waals surface area contributed by atoms with Crippen LogP contribution in [0.15, 0.2) is 22.7 Å². The molecule has 0 fully saturated rings. The maximum Gasteiger partial charge on any atom is 0.325 e. The SMILES string of the molecule is COc1cc(C)cc(OC)c1C(C(=O)O)N(C)Cc1cc(C)no1. The van der Waals surface area contributed by atoms with Gasteiger partial charge in [-0.3, -0.25) is 9.69 Å². The van der Waals surface area contributed by atoms with Gasteiger partial charge in [0.2, 0.25) is 0 Å². The summed E-state index contributed by atoms with van der Waals surface area (Å²) in [4.78, 5) is 13.6. The first-order valence-corrected chi connectivity index (χ1v) is 7.45. The number of likely N-dealkylation sites (N-methyl/N-ethyl adjacent to an activating group) is 1. The minimum absolute atomic E-state index is 0.290.